The molecule has 0 saturated heterocycles. The number of para-hydroxylation sites is 1. The Labute approximate surface area is 138 Å². The molecule has 0 aliphatic carbocycles. The third-order valence-electron chi connectivity index (χ3n) is 3.36. The van der Waals surface area contributed by atoms with Crippen LogP contribution in [0.15, 0.2) is 48.5 Å². The number of carbonyl (C=O) groups is 2. The Morgan fingerprint density at radius 3 is 2.13 bits per heavy atom. The van der Waals surface area contributed by atoms with Crippen molar-refractivity contribution in [2.24, 2.45) is 5.41 Å². The molecule has 0 atom stereocenters. The van der Waals surface area contributed by atoms with Crippen molar-refractivity contribution in [3.63, 3.8) is 0 Å². The molecule has 0 aliphatic heterocycles. The second-order valence-corrected chi connectivity index (χ2v) is 5.96. The summed E-state index contributed by atoms with van der Waals surface area (Å²) < 4.78 is 13.6. The van der Waals surface area contributed by atoms with Crippen LogP contribution < -0.4 is 10.6 Å². The van der Waals surface area contributed by atoms with E-state index in [4.69, 9.17) is 11.6 Å². The molecule has 2 aromatic carbocycles. The first-order valence-electron chi connectivity index (χ1n) is 6.93. The van der Waals surface area contributed by atoms with Gasteiger partial charge < -0.3 is 10.6 Å². The van der Waals surface area contributed by atoms with E-state index in [0.717, 1.165) is 0 Å². The number of anilines is 2. The summed E-state index contributed by atoms with van der Waals surface area (Å²) in [4.78, 5) is 24.6. The second-order valence-electron chi connectivity index (χ2n) is 5.52. The van der Waals surface area contributed by atoms with Crippen molar-refractivity contribution in [3.8, 4) is 0 Å². The molecule has 0 unspecified atom stereocenters. The molecule has 2 amide bonds. The predicted molar refractivity (Wildman–Crippen MR) is 88.9 cm³/mol. The molecule has 2 N–H and O–H groups in total. The van der Waals surface area contributed by atoms with E-state index < -0.39 is 23.0 Å². The van der Waals surface area contributed by atoms with E-state index in [1.54, 1.807) is 30.3 Å². The third-order valence-corrected chi connectivity index (χ3v) is 3.61. The number of hydrogen-bond acceptors (Lipinski definition) is 2. The maximum atomic E-state index is 13.6. The minimum Gasteiger partial charge on any atom is -0.325 e. The predicted octanol–water partition coefficient (Wildman–Crippen LogP) is 4.08. The highest BCUT2D eigenvalue weighted by Gasteiger charge is 2.36. The maximum absolute atomic E-state index is 13.6. The minimum absolute atomic E-state index is 0.0323. The maximum Gasteiger partial charge on any atom is 0.239 e. The number of carbonyl (C=O) groups excluding carboxylic acids is 2. The quantitative estimate of drug-likeness (QED) is 0.828. The Balaban J connectivity index is 2.10. The van der Waals surface area contributed by atoms with Gasteiger partial charge in [-0.25, -0.2) is 4.39 Å². The van der Waals surface area contributed by atoms with Gasteiger partial charge in [0.2, 0.25) is 11.8 Å². The zero-order valence-electron chi connectivity index (χ0n) is 12.7. The minimum atomic E-state index is -1.39. The first kappa shape index (κ1) is 17.0. The van der Waals surface area contributed by atoms with Gasteiger partial charge in [0.05, 0.1) is 5.69 Å². The molecule has 6 heteroatoms. The Bertz CT molecular complexity index is 730. The van der Waals surface area contributed by atoms with Gasteiger partial charge in [-0.1, -0.05) is 23.7 Å². The number of benzene rings is 2. The summed E-state index contributed by atoms with van der Waals surface area (Å²) in [5.74, 6) is -1.67. The molecule has 0 fully saturated rings. The van der Waals surface area contributed by atoms with Crippen molar-refractivity contribution < 1.29 is 14.0 Å². The lowest BCUT2D eigenvalue weighted by molar-refractivity contribution is -0.135. The summed E-state index contributed by atoms with van der Waals surface area (Å²) in [6.45, 7) is 2.93. The van der Waals surface area contributed by atoms with Crippen LogP contribution in [0.25, 0.3) is 0 Å². The van der Waals surface area contributed by atoms with Gasteiger partial charge in [0.1, 0.15) is 11.2 Å². The van der Waals surface area contributed by atoms with Crippen LogP contribution in [-0.2, 0) is 9.59 Å². The second kappa shape index (κ2) is 6.79. The topological polar surface area (TPSA) is 58.2 Å². The Morgan fingerprint density at radius 2 is 1.52 bits per heavy atom. The van der Waals surface area contributed by atoms with Crippen LogP contribution in [-0.4, -0.2) is 11.8 Å². The van der Waals surface area contributed by atoms with E-state index in [2.05, 4.69) is 10.6 Å². The molecule has 0 bridgehead atoms. The highest BCUT2D eigenvalue weighted by atomic mass is 35.5. The van der Waals surface area contributed by atoms with Gasteiger partial charge in [0, 0.05) is 10.7 Å². The van der Waals surface area contributed by atoms with E-state index in [0.29, 0.717) is 10.7 Å². The van der Waals surface area contributed by atoms with Gasteiger partial charge >= 0.3 is 0 Å². The molecule has 0 spiro atoms. The van der Waals surface area contributed by atoms with Crippen LogP contribution in [0.4, 0.5) is 15.8 Å². The van der Waals surface area contributed by atoms with Gasteiger partial charge in [-0.3, -0.25) is 9.59 Å². The van der Waals surface area contributed by atoms with E-state index in [1.165, 1.54) is 32.0 Å². The summed E-state index contributed by atoms with van der Waals surface area (Å²) >= 11 is 5.78. The van der Waals surface area contributed by atoms with Crippen LogP contribution in [0.2, 0.25) is 5.02 Å². The fourth-order valence-electron chi connectivity index (χ4n) is 1.76. The van der Waals surface area contributed by atoms with Crippen molar-refractivity contribution in [2.75, 3.05) is 10.6 Å². The summed E-state index contributed by atoms with van der Waals surface area (Å²) in [5, 5.41) is 5.61. The average molecular weight is 335 g/mol. The summed E-state index contributed by atoms with van der Waals surface area (Å²) in [6.07, 6.45) is 0. The molecule has 2 aromatic rings. The number of rotatable bonds is 4. The smallest absolute Gasteiger partial charge is 0.239 e. The number of hydrogen-bond donors (Lipinski definition) is 2. The van der Waals surface area contributed by atoms with Crippen molar-refractivity contribution >= 4 is 34.8 Å². The lowest BCUT2D eigenvalue weighted by Gasteiger charge is -2.23. The molecule has 0 aromatic heterocycles. The van der Waals surface area contributed by atoms with Crippen LogP contribution in [0.5, 0.6) is 0 Å². The fraction of sp³-hybridized carbons (Fsp3) is 0.176. The van der Waals surface area contributed by atoms with E-state index in [-0.39, 0.29) is 5.69 Å². The first-order chi connectivity index (χ1) is 10.8. The van der Waals surface area contributed by atoms with Gasteiger partial charge in [-0.05, 0) is 50.2 Å². The SMILES string of the molecule is CC(C)(C(=O)Nc1ccc(Cl)cc1)C(=O)Nc1ccccc1F. The zero-order chi connectivity index (χ0) is 17.0. The van der Waals surface area contributed by atoms with Gasteiger partial charge in [-0.2, -0.15) is 0 Å². The summed E-state index contributed by atoms with van der Waals surface area (Å²) in [7, 11) is 0. The highest BCUT2D eigenvalue weighted by Crippen LogP contribution is 2.23. The highest BCUT2D eigenvalue weighted by molar-refractivity contribution is 6.30. The Hall–Kier alpha value is -2.40. The molecular weight excluding hydrogens is 319 g/mol. The molecule has 120 valence electrons. The Kier molecular flexibility index (Phi) is 5.01. The monoisotopic (exact) mass is 334 g/mol. The fourth-order valence-corrected chi connectivity index (χ4v) is 1.89. The zero-order valence-corrected chi connectivity index (χ0v) is 13.4. The largest absolute Gasteiger partial charge is 0.325 e. The number of halogens is 2. The lowest BCUT2D eigenvalue weighted by atomic mass is 9.90. The van der Waals surface area contributed by atoms with Crippen LogP contribution in [0.1, 0.15) is 13.8 Å². The molecule has 0 saturated carbocycles. The Morgan fingerprint density at radius 1 is 0.957 bits per heavy atom. The molecule has 0 aliphatic rings. The average Bonchev–Trinajstić information content (AvgIpc) is 2.51. The van der Waals surface area contributed by atoms with Crippen LogP contribution in [0.3, 0.4) is 0 Å². The number of amides is 2. The van der Waals surface area contributed by atoms with E-state index >= 15 is 0 Å². The van der Waals surface area contributed by atoms with Crippen molar-refractivity contribution in [3.05, 3.63) is 59.4 Å². The van der Waals surface area contributed by atoms with Crippen LogP contribution >= 0.6 is 11.6 Å². The van der Waals surface area contributed by atoms with Gasteiger partial charge in [-0.15, -0.1) is 0 Å². The van der Waals surface area contributed by atoms with Gasteiger partial charge in [0.15, 0.2) is 0 Å². The normalized spacial score (nSPS) is 11.0. The van der Waals surface area contributed by atoms with Crippen molar-refractivity contribution in [1.82, 2.24) is 0 Å². The molecule has 23 heavy (non-hydrogen) atoms. The molecular formula is C17H16ClFN2O2. The van der Waals surface area contributed by atoms with Crippen molar-refractivity contribution in [2.45, 2.75) is 13.8 Å². The molecule has 2 rings (SSSR count). The first-order valence-corrected chi connectivity index (χ1v) is 7.31. The third kappa shape index (κ3) is 4.07. The molecule has 0 radical (unpaired) electrons. The van der Waals surface area contributed by atoms with Crippen LogP contribution in [0, 0.1) is 11.2 Å². The lowest BCUT2D eigenvalue weighted by Crippen LogP contribution is -2.41. The van der Waals surface area contributed by atoms with Crippen molar-refractivity contribution in [1.29, 1.82) is 0 Å². The molecule has 4 nitrogen and oxygen atoms in total. The summed E-state index contributed by atoms with van der Waals surface area (Å²) in [5.41, 5.74) is -0.835. The summed E-state index contributed by atoms with van der Waals surface area (Å²) in [6, 6.07) is 12.3. The standard InChI is InChI=1S/C17H16ClFN2O2/c1-17(2,15(22)20-12-9-7-11(18)8-10-12)16(23)21-14-6-4-3-5-13(14)19/h3-10H,1-2H3,(H,20,22)(H,21,23). The van der Waals surface area contributed by atoms with E-state index in [9.17, 15) is 14.0 Å². The van der Waals surface area contributed by atoms with Gasteiger partial charge in [0.25, 0.3) is 0 Å². The van der Waals surface area contributed by atoms with E-state index in [1.807, 2.05) is 0 Å². The molecule has 0 heterocycles. The number of nitrogens with one attached hydrogen (secondary N) is 2.